The Balaban J connectivity index is 1.54. The van der Waals surface area contributed by atoms with Crippen LogP contribution in [0.5, 0.6) is 0 Å². The summed E-state index contributed by atoms with van der Waals surface area (Å²) in [4.78, 5) is 22.3. The number of carbonyl (C=O) groups excluding carboxylic acids is 1. The Morgan fingerprint density at radius 3 is 3.00 bits per heavy atom. The van der Waals surface area contributed by atoms with Crippen LogP contribution >= 0.6 is 27.5 Å². The third-order valence-corrected chi connectivity index (χ3v) is 4.69. The van der Waals surface area contributed by atoms with Crippen LogP contribution in [-0.4, -0.2) is 35.2 Å². The van der Waals surface area contributed by atoms with Crippen molar-refractivity contribution in [3.8, 4) is 0 Å². The molecule has 0 aliphatic carbocycles. The number of anilines is 1. The predicted octanol–water partition coefficient (Wildman–Crippen LogP) is 3.79. The van der Waals surface area contributed by atoms with Crippen molar-refractivity contribution in [2.45, 2.75) is 25.5 Å². The fraction of sp³-hybridized carbons (Fsp3) is 0.353. The molecular weight excluding hydrogens is 408 g/mol. The van der Waals surface area contributed by atoms with E-state index >= 15 is 0 Å². The highest BCUT2D eigenvalue weighted by Crippen LogP contribution is 2.27. The summed E-state index contributed by atoms with van der Waals surface area (Å²) in [5.41, 5.74) is 0.961. The van der Waals surface area contributed by atoms with Crippen LogP contribution in [0.25, 0.3) is 0 Å². The molecule has 1 aliphatic heterocycles. The van der Waals surface area contributed by atoms with Gasteiger partial charge < -0.3 is 15.0 Å². The van der Waals surface area contributed by atoms with E-state index in [2.05, 4.69) is 36.1 Å². The molecule has 25 heavy (non-hydrogen) atoms. The van der Waals surface area contributed by atoms with E-state index in [1.807, 2.05) is 30.3 Å². The van der Waals surface area contributed by atoms with E-state index in [-0.39, 0.29) is 17.9 Å². The quantitative estimate of drug-likeness (QED) is 0.755. The van der Waals surface area contributed by atoms with Gasteiger partial charge in [-0.15, -0.1) is 0 Å². The summed E-state index contributed by atoms with van der Waals surface area (Å²) in [6, 6.07) is 9.61. The molecule has 1 N–H and O–H groups in total. The number of alkyl carbamates (subject to hydrolysis) is 1. The summed E-state index contributed by atoms with van der Waals surface area (Å²) in [5, 5.41) is 3.13. The normalized spacial score (nSPS) is 17.2. The minimum atomic E-state index is -0.407. The molecule has 1 amide bonds. The highest BCUT2D eigenvalue weighted by Gasteiger charge is 2.24. The maximum absolute atomic E-state index is 12.0. The number of amides is 1. The van der Waals surface area contributed by atoms with Crippen molar-refractivity contribution < 1.29 is 9.53 Å². The smallest absolute Gasteiger partial charge is 0.407 e. The van der Waals surface area contributed by atoms with Crippen LogP contribution in [0.1, 0.15) is 18.4 Å². The van der Waals surface area contributed by atoms with E-state index in [4.69, 9.17) is 16.3 Å². The van der Waals surface area contributed by atoms with Crippen LogP contribution in [0.2, 0.25) is 5.28 Å². The molecule has 2 aromatic rings. The second-order valence-corrected chi connectivity index (χ2v) is 6.99. The Labute approximate surface area is 159 Å². The SMILES string of the molecule is O=C(N[C@@H]1CCCN(c2nc(Cl)ncc2Br)C1)OCc1ccccc1. The number of halogens is 2. The van der Waals surface area contributed by atoms with E-state index in [9.17, 15) is 4.79 Å². The van der Waals surface area contributed by atoms with Crippen molar-refractivity contribution in [1.82, 2.24) is 15.3 Å². The highest BCUT2D eigenvalue weighted by molar-refractivity contribution is 9.10. The molecule has 3 rings (SSSR count). The first-order chi connectivity index (χ1) is 12.1. The maximum Gasteiger partial charge on any atom is 0.407 e. The average Bonchev–Trinajstić information content (AvgIpc) is 2.63. The first-order valence-corrected chi connectivity index (χ1v) is 9.19. The standard InChI is InChI=1S/C17H18BrClN4O2/c18-14-9-20-16(19)22-15(14)23-8-4-7-13(10-23)21-17(24)25-11-12-5-2-1-3-6-12/h1-3,5-6,9,13H,4,7-8,10-11H2,(H,21,24)/t13-/m1/s1. The van der Waals surface area contributed by atoms with Gasteiger partial charge in [-0.3, -0.25) is 0 Å². The zero-order valence-electron chi connectivity index (χ0n) is 13.5. The number of hydrogen-bond donors (Lipinski definition) is 1. The minimum Gasteiger partial charge on any atom is -0.445 e. The second-order valence-electron chi connectivity index (χ2n) is 5.80. The Morgan fingerprint density at radius 1 is 1.40 bits per heavy atom. The Bertz CT molecular complexity index is 732. The van der Waals surface area contributed by atoms with Crippen LogP contribution in [0.15, 0.2) is 41.0 Å². The predicted molar refractivity (Wildman–Crippen MR) is 99.7 cm³/mol. The number of aromatic nitrogens is 2. The largest absolute Gasteiger partial charge is 0.445 e. The molecule has 0 spiro atoms. The molecule has 8 heteroatoms. The second kappa shape index (κ2) is 8.49. The van der Waals surface area contributed by atoms with Gasteiger partial charge in [0, 0.05) is 25.3 Å². The molecule has 0 bridgehead atoms. The Hall–Kier alpha value is -1.86. The van der Waals surface area contributed by atoms with E-state index in [0.717, 1.165) is 35.2 Å². The van der Waals surface area contributed by atoms with Crippen molar-refractivity contribution in [2.75, 3.05) is 18.0 Å². The summed E-state index contributed by atoms with van der Waals surface area (Å²) in [6.45, 7) is 1.76. The van der Waals surface area contributed by atoms with Crippen LogP contribution in [0.3, 0.4) is 0 Å². The monoisotopic (exact) mass is 424 g/mol. The summed E-state index contributed by atoms with van der Waals surface area (Å²) in [6.07, 6.45) is 3.07. The summed E-state index contributed by atoms with van der Waals surface area (Å²) in [7, 11) is 0. The lowest BCUT2D eigenvalue weighted by Crippen LogP contribution is -2.48. The number of piperidine rings is 1. The molecule has 1 aromatic heterocycles. The molecule has 1 saturated heterocycles. The number of rotatable bonds is 4. The van der Waals surface area contributed by atoms with Gasteiger partial charge in [0.25, 0.3) is 0 Å². The van der Waals surface area contributed by atoms with Gasteiger partial charge in [-0.05, 0) is 45.9 Å². The molecular formula is C17H18BrClN4O2. The molecule has 0 unspecified atom stereocenters. The van der Waals surface area contributed by atoms with Crippen LogP contribution in [-0.2, 0) is 11.3 Å². The summed E-state index contributed by atoms with van der Waals surface area (Å²) in [5.74, 6) is 0.740. The van der Waals surface area contributed by atoms with Gasteiger partial charge in [0.05, 0.1) is 4.47 Å². The fourth-order valence-electron chi connectivity index (χ4n) is 2.78. The molecule has 0 saturated carbocycles. The van der Waals surface area contributed by atoms with Gasteiger partial charge in [0.2, 0.25) is 5.28 Å². The third-order valence-electron chi connectivity index (χ3n) is 3.95. The first-order valence-electron chi connectivity index (χ1n) is 8.02. The fourth-order valence-corrected chi connectivity index (χ4v) is 3.35. The van der Waals surface area contributed by atoms with E-state index < -0.39 is 6.09 Å². The molecule has 6 nitrogen and oxygen atoms in total. The van der Waals surface area contributed by atoms with E-state index in [1.54, 1.807) is 6.20 Å². The van der Waals surface area contributed by atoms with Gasteiger partial charge in [0.1, 0.15) is 12.4 Å². The lowest BCUT2D eigenvalue weighted by Gasteiger charge is -2.34. The van der Waals surface area contributed by atoms with Gasteiger partial charge in [-0.2, -0.15) is 4.98 Å². The van der Waals surface area contributed by atoms with Crippen molar-refractivity contribution in [3.63, 3.8) is 0 Å². The molecule has 1 aliphatic rings. The maximum atomic E-state index is 12.0. The van der Waals surface area contributed by atoms with Crippen molar-refractivity contribution in [2.24, 2.45) is 0 Å². The van der Waals surface area contributed by atoms with Crippen molar-refractivity contribution in [3.05, 3.63) is 51.8 Å². The zero-order valence-corrected chi connectivity index (χ0v) is 15.8. The summed E-state index contributed by atoms with van der Waals surface area (Å²) < 4.78 is 6.07. The van der Waals surface area contributed by atoms with Crippen molar-refractivity contribution >= 4 is 39.4 Å². The molecule has 1 atom stereocenters. The van der Waals surface area contributed by atoms with Crippen LogP contribution in [0, 0.1) is 0 Å². The molecule has 2 heterocycles. The molecule has 0 radical (unpaired) electrons. The lowest BCUT2D eigenvalue weighted by atomic mass is 10.1. The van der Waals surface area contributed by atoms with Gasteiger partial charge in [-0.1, -0.05) is 30.3 Å². The number of ether oxygens (including phenoxy) is 1. The lowest BCUT2D eigenvalue weighted by molar-refractivity contribution is 0.134. The zero-order chi connectivity index (χ0) is 17.6. The Kier molecular flexibility index (Phi) is 6.09. The number of benzene rings is 1. The molecule has 132 valence electrons. The Morgan fingerprint density at radius 2 is 2.20 bits per heavy atom. The van der Waals surface area contributed by atoms with Crippen LogP contribution < -0.4 is 10.2 Å². The number of nitrogens with zero attached hydrogens (tertiary/aromatic N) is 3. The summed E-state index contributed by atoms with van der Waals surface area (Å²) >= 11 is 9.35. The third kappa shape index (κ3) is 5.06. The number of nitrogens with one attached hydrogen (secondary N) is 1. The van der Waals surface area contributed by atoms with Crippen molar-refractivity contribution in [1.29, 1.82) is 0 Å². The highest BCUT2D eigenvalue weighted by atomic mass is 79.9. The number of carbonyl (C=O) groups is 1. The molecule has 1 aromatic carbocycles. The average molecular weight is 426 g/mol. The molecule has 1 fully saturated rings. The van der Waals surface area contributed by atoms with Gasteiger partial charge >= 0.3 is 6.09 Å². The first kappa shape index (κ1) is 17.9. The minimum absolute atomic E-state index is 0.00216. The van der Waals surface area contributed by atoms with Gasteiger partial charge in [0.15, 0.2) is 0 Å². The van der Waals surface area contributed by atoms with E-state index in [0.29, 0.717) is 6.54 Å². The van der Waals surface area contributed by atoms with E-state index in [1.165, 1.54) is 0 Å². The number of hydrogen-bond acceptors (Lipinski definition) is 5. The topological polar surface area (TPSA) is 67.4 Å². The van der Waals surface area contributed by atoms with Crippen LogP contribution in [0.4, 0.5) is 10.6 Å². The van der Waals surface area contributed by atoms with Gasteiger partial charge in [-0.25, -0.2) is 9.78 Å².